The van der Waals surface area contributed by atoms with Crippen LogP contribution in [0, 0.1) is 11.3 Å². The predicted octanol–water partition coefficient (Wildman–Crippen LogP) is 5.46. The largest absolute Gasteiger partial charge is 0.490 e. The molecule has 1 aliphatic heterocycles. The number of carbonyl (C=O) groups excluding carboxylic acids is 2. The molecule has 0 spiro atoms. The minimum atomic E-state index is -0.526. The molecule has 0 saturated heterocycles. The molecule has 0 fully saturated rings. The van der Waals surface area contributed by atoms with Crippen molar-refractivity contribution in [2.24, 2.45) is 0 Å². The van der Waals surface area contributed by atoms with Gasteiger partial charge in [0.2, 0.25) is 11.7 Å². The molecule has 0 unspecified atom stereocenters. The van der Waals surface area contributed by atoms with Gasteiger partial charge in [-0.2, -0.15) is 10.2 Å². The van der Waals surface area contributed by atoms with Gasteiger partial charge < -0.3 is 18.9 Å². The van der Waals surface area contributed by atoms with Gasteiger partial charge in [-0.05, 0) is 76.8 Å². The van der Waals surface area contributed by atoms with Crippen LogP contribution in [-0.2, 0) is 27.3 Å². The number of amides is 1. The van der Waals surface area contributed by atoms with Gasteiger partial charge in [-0.1, -0.05) is 23.4 Å². The predicted molar refractivity (Wildman–Crippen MR) is 144 cm³/mol. The molecule has 0 atom stereocenters. The first-order chi connectivity index (χ1) is 18.5. The monoisotopic (exact) mass is 530 g/mol. The molecule has 1 aromatic heterocycles. The smallest absolute Gasteiger partial charge is 0.306 e. The molecule has 9 heteroatoms. The van der Waals surface area contributed by atoms with Crippen LogP contribution < -0.4 is 4.74 Å². The molecule has 4 rings (SSSR count). The van der Waals surface area contributed by atoms with Gasteiger partial charge in [0.1, 0.15) is 17.4 Å². The lowest BCUT2D eigenvalue weighted by molar-refractivity contribution is -0.154. The molecule has 2 heterocycles. The maximum atomic E-state index is 12.8. The Morgan fingerprint density at radius 3 is 2.69 bits per heavy atom. The van der Waals surface area contributed by atoms with Gasteiger partial charge in [0.05, 0.1) is 11.7 Å². The lowest BCUT2D eigenvalue weighted by atomic mass is 9.94. The van der Waals surface area contributed by atoms with Gasteiger partial charge in [0.15, 0.2) is 0 Å². The van der Waals surface area contributed by atoms with Gasteiger partial charge in [-0.3, -0.25) is 9.59 Å². The summed E-state index contributed by atoms with van der Waals surface area (Å²) in [4.78, 5) is 31.2. The lowest BCUT2D eigenvalue weighted by Crippen LogP contribution is -2.36. The molecular formula is C30H34N4O5. The number of hydrogen-bond acceptors (Lipinski definition) is 8. The average Bonchev–Trinajstić information content (AvgIpc) is 3.37. The highest BCUT2D eigenvalue weighted by molar-refractivity contribution is 5.78. The number of aromatic nitrogens is 2. The lowest BCUT2D eigenvalue weighted by Gasteiger charge is -2.30. The standard InChI is InChI=1S/C30H34N4O5/c1-19(2)37-25-13-12-20(16-22(25)17-31)29-32-28(33-39-29)24-9-6-8-21-18-34(15-14-23(21)24)26(35)10-7-11-27(36)38-30(3,4)5/h6,8-9,12-13,16,19H,7,10-11,14-15,18H2,1-5H3. The van der Waals surface area contributed by atoms with Crippen molar-refractivity contribution in [1.82, 2.24) is 15.0 Å². The van der Waals surface area contributed by atoms with E-state index in [0.29, 0.717) is 60.9 Å². The Kier molecular flexibility index (Phi) is 8.34. The van der Waals surface area contributed by atoms with Crippen molar-refractivity contribution in [1.29, 1.82) is 5.26 Å². The van der Waals surface area contributed by atoms with Crippen LogP contribution in [0.1, 0.15) is 70.6 Å². The third-order valence-corrected chi connectivity index (χ3v) is 6.19. The van der Waals surface area contributed by atoms with E-state index in [1.165, 1.54) is 0 Å². The second-order valence-corrected chi connectivity index (χ2v) is 10.9. The molecule has 204 valence electrons. The molecular weight excluding hydrogens is 496 g/mol. The van der Waals surface area contributed by atoms with Crippen LogP contribution in [0.25, 0.3) is 22.8 Å². The topological polar surface area (TPSA) is 119 Å². The molecule has 0 saturated carbocycles. The minimum Gasteiger partial charge on any atom is -0.490 e. The van der Waals surface area contributed by atoms with E-state index in [0.717, 1.165) is 16.7 Å². The Morgan fingerprint density at radius 2 is 1.97 bits per heavy atom. The number of carbonyl (C=O) groups is 2. The summed E-state index contributed by atoms with van der Waals surface area (Å²) >= 11 is 0. The second-order valence-electron chi connectivity index (χ2n) is 10.9. The van der Waals surface area contributed by atoms with Crippen LogP contribution in [0.2, 0.25) is 0 Å². The van der Waals surface area contributed by atoms with Crippen LogP contribution in [0.15, 0.2) is 40.9 Å². The fourth-order valence-corrected chi connectivity index (χ4v) is 4.52. The number of esters is 1. The number of hydrogen-bond donors (Lipinski definition) is 0. The van der Waals surface area contributed by atoms with Crippen LogP contribution >= 0.6 is 0 Å². The highest BCUT2D eigenvalue weighted by Crippen LogP contribution is 2.32. The quantitative estimate of drug-likeness (QED) is 0.352. The molecule has 2 aromatic carbocycles. The van der Waals surface area contributed by atoms with Gasteiger partial charge in [0, 0.05) is 37.1 Å². The third kappa shape index (κ3) is 7.02. The number of nitrogens with zero attached hydrogens (tertiary/aromatic N) is 4. The molecule has 0 bridgehead atoms. The first-order valence-electron chi connectivity index (χ1n) is 13.2. The Hall–Kier alpha value is -4.19. The zero-order chi connectivity index (χ0) is 28.2. The Bertz CT molecular complexity index is 1400. The summed E-state index contributed by atoms with van der Waals surface area (Å²) in [6.45, 7) is 10.4. The van der Waals surface area contributed by atoms with Crippen molar-refractivity contribution in [3.8, 4) is 34.7 Å². The van der Waals surface area contributed by atoms with Gasteiger partial charge in [0.25, 0.3) is 5.89 Å². The summed E-state index contributed by atoms with van der Waals surface area (Å²) in [5, 5.41) is 13.8. The first-order valence-corrected chi connectivity index (χ1v) is 13.2. The first kappa shape index (κ1) is 27.8. The van der Waals surface area contributed by atoms with Crippen LogP contribution in [0.3, 0.4) is 0 Å². The summed E-state index contributed by atoms with van der Waals surface area (Å²) in [5.41, 5.74) is 3.48. The molecule has 39 heavy (non-hydrogen) atoms. The molecule has 0 N–H and O–H groups in total. The Morgan fingerprint density at radius 1 is 1.18 bits per heavy atom. The fourth-order valence-electron chi connectivity index (χ4n) is 4.52. The minimum absolute atomic E-state index is 0.0228. The van der Waals surface area contributed by atoms with Crippen LogP contribution in [0.5, 0.6) is 5.75 Å². The summed E-state index contributed by atoms with van der Waals surface area (Å²) in [6, 6.07) is 13.3. The summed E-state index contributed by atoms with van der Waals surface area (Å²) in [7, 11) is 0. The molecule has 0 radical (unpaired) electrons. The van der Waals surface area contributed by atoms with Crippen molar-refractivity contribution in [3.63, 3.8) is 0 Å². The summed E-state index contributed by atoms with van der Waals surface area (Å²) < 4.78 is 16.6. The second kappa shape index (κ2) is 11.7. The molecule has 3 aromatic rings. The van der Waals surface area contributed by atoms with E-state index in [2.05, 4.69) is 16.2 Å². The van der Waals surface area contributed by atoms with Crippen molar-refractivity contribution in [2.45, 2.75) is 78.6 Å². The SMILES string of the molecule is CC(C)Oc1ccc(-c2nc(-c3cccc4c3CCN(C(=O)CCCC(=O)OC(C)(C)C)C4)no2)cc1C#N. The van der Waals surface area contributed by atoms with Gasteiger partial charge in [-0.15, -0.1) is 0 Å². The zero-order valence-electron chi connectivity index (χ0n) is 23.1. The number of ether oxygens (including phenoxy) is 2. The number of benzene rings is 2. The van der Waals surface area contributed by atoms with E-state index < -0.39 is 5.60 Å². The molecule has 0 aliphatic carbocycles. The summed E-state index contributed by atoms with van der Waals surface area (Å²) in [5.74, 6) is 1.02. The van der Waals surface area contributed by atoms with Gasteiger partial charge >= 0.3 is 5.97 Å². The van der Waals surface area contributed by atoms with Crippen molar-refractivity contribution < 1.29 is 23.6 Å². The number of fused-ring (bicyclic) bond motifs is 1. The van der Waals surface area contributed by atoms with E-state index in [-0.39, 0.29) is 24.4 Å². The van der Waals surface area contributed by atoms with E-state index >= 15 is 0 Å². The van der Waals surface area contributed by atoms with Crippen molar-refractivity contribution in [2.75, 3.05) is 6.54 Å². The molecule has 1 amide bonds. The van der Waals surface area contributed by atoms with Gasteiger partial charge in [-0.25, -0.2) is 0 Å². The third-order valence-electron chi connectivity index (χ3n) is 6.19. The van der Waals surface area contributed by atoms with Crippen molar-refractivity contribution in [3.05, 3.63) is 53.1 Å². The van der Waals surface area contributed by atoms with E-state index in [1.807, 2.05) is 57.7 Å². The van der Waals surface area contributed by atoms with Crippen molar-refractivity contribution >= 4 is 11.9 Å². The normalized spacial score (nSPS) is 13.1. The number of rotatable bonds is 8. The summed E-state index contributed by atoms with van der Waals surface area (Å²) in [6.07, 6.45) is 1.59. The maximum absolute atomic E-state index is 12.8. The highest BCUT2D eigenvalue weighted by Gasteiger charge is 2.25. The molecule has 1 aliphatic rings. The van der Waals surface area contributed by atoms with E-state index in [9.17, 15) is 14.9 Å². The maximum Gasteiger partial charge on any atom is 0.306 e. The Balaban J connectivity index is 1.44. The van der Waals surface area contributed by atoms with E-state index in [1.54, 1.807) is 18.2 Å². The fraction of sp³-hybridized carbons (Fsp3) is 0.433. The van der Waals surface area contributed by atoms with Crippen LogP contribution in [0.4, 0.5) is 0 Å². The average molecular weight is 531 g/mol. The number of nitriles is 1. The zero-order valence-corrected chi connectivity index (χ0v) is 23.1. The van der Waals surface area contributed by atoms with E-state index in [4.69, 9.17) is 14.0 Å². The van der Waals surface area contributed by atoms with Crippen LogP contribution in [-0.4, -0.2) is 45.2 Å². The Labute approximate surface area is 228 Å². The highest BCUT2D eigenvalue weighted by atomic mass is 16.6. The molecule has 9 nitrogen and oxygen atoms in total.